The molecular weight excluding hydrogens is 360 g/mol. The lowest BCUT2D eigenvalue weighted by molar-refractivity contribution is -0.142. The maximum atomic E-state index is 12.5. The number of rotatable bonds is 2. The largest absolute Gasteiger partial charge is 0.334 e. The molecule has 0 aliphatic carbocycles. The van der Waals surface area contributed by atoms with E-state index in [1.165, 1.54) is 0 Å². The van der Waals surface area contributed by atoms with Gasteiger partial charge in [0.15, 0.2) is 0 Å². The molecule has 0 unspecified atom stereocenters. The van der Waals surface area contributed by atoms with Gasteiger partial charge in [0.2, 0.25) is 0 Å². The summed E-state index contributed by atoms with van der Waals surface area (Å²) in [5.41, 5.74) is 2.68. The van der Waals surface area contributed by atoms with Crippen molar-refractivity contribution in [1.82, 2.24) is 14.7 Å². The number of nitrogens with zero attached hydrogens (tertiary/aromatic N) is 3. The van der Waals surface area contributed by atoms with Gasteiger partial charge in [0.25, 0.3) is 0 Å². The van der Waals surface area contributed by atoms with Gasteiger partial charge < -0.3 is 10.2 Å². The SMILES string of the molecule is O=C(Nc1c2c(nn1-c1cccc(Cl)c1)CSC2)C(=O)N1CCCC1. The summed E-state index contributed by atoms with van der Waals surface area (Å²) >= 11 is 7.83. The topological polar surface area (TPSA) is 67.2 Å². The van der Waals surface area contributed by atoms with E-state index < -0.39 is 11.8 Å². The standard InChI is InChI=1S/C17H17ClN4O2S/c18-11-4-3-5-12(8-11)22-15(13-9-25-10-14(13)20-22)19-16(23)17(24)21-6-1-2-7-21/h3-5,8H,1-2,6-7,9-10H2,(H,19,23). The molecule has 3 heterocycles. The number of fused-ring (bicyclic) bond motifs is 1. The third kappa shape index (κ3) is 3.14. The Morgan fingerprint density at radius 2 is 2.00 bits per heavy atom. The zero-order valence-corrected chi connectivity index (χ0v) is 15.1. The average Bonchev–Trinajstić information content (AvgIpc) is 3.32. The third-order valence-electron chi connectivity index (χ3n) is 4.42. The molecule has 2 amide bonds. The third-order valence-corrected chi connectivity index (χ3v) is 5.63. The van der Waals surface area contributed by atoms with Gasteiger partial charge in [0.1, 0.15) is 5.82 Å². The van der Waals surface area contributed by atoms with Gasteiger partial charge >= 0.3 is 11.8 Å². The summed E-state index contributed by atoms with van der Waals surface area (Å²) in [6, 6.07) is 7.28. The number of halogens is 1. The number of hydrogen-bond donors (Lipinski definition) is 1. The van der Waals surface area contributed by atoms with Crippen LogP contribution in [0.2, 0.25) is 5.02 Å². The van der Waals surface area contributed by atoms with E-state index in [-0.39, 0.29) is 0 Å². The molecule has 1 N–H and O–H groups in total. The molecule has 130 valence electrons. The van der Waals surface area contributed by atoms with E-state index in [1.54, 1.807) is 33.5 Å². The zero-order valence-electron chi connectivity index (χ0n) is 13.5. The van der Waals surface area contributed by atoms with Gasteiger partial charge in [-0.25, -0.2) is 4.68 Å². The molecule has 1 aromatic heterocycles. The quantitative estimate of drug-likeness (QED) is 0.818. The van der Waals surface area contributed by atoms with Crippen LogP contribution in [0.4, 0.5) is 5.82 Å². The first-order valence-corrected chi connectivity index (χ1v) is 9.71. The van der Waals surface area contributed by atoms with Crippen molar-refractivity contribution in [3.05, 3.63) is 40.5 Å². The van der Waals surface area contributed by atoms with E-state index in [0.717, 1.165) is 41.3 Å². The Labute approximate surface area is 154 Å². The second-order valence-electron chi connectivity index (χ2n) is 6.11. The highest BCUT2D eigenvalue weighted by Crippen LogP contribution is 2.36. The molecule has 1 fully saturated rings. The van der Waals surface area contributed by atoms with Crippen LogP contribution in [0.25, 0.3) is 5.69 Å². The van der Waals surface area contributed by atoms with E-state index in [9.17, 15) is 9.59 Å². The molecule has 0 radical (unpaired) electrons. The van der Waals surface area contributed by atoms with Gasteiger partial charge in [-0.05, 0) is 31.0 Å². The lowest BCUT2D eigenvalue weighted by Gasteiger charge is -2.16. The van der Waals surface area contributed by atoms with E-state index in [1.807, 2.05) is 12.1 Å². The molecule has 1 saturated heterocycles. The minimum Gasteiger partial charge on any atom is -0.334 e. The summed E-state index contributed by atoms with van der Waals surface area (Å²) < 4.78 is 1.67. The number of thioether (sulfide) groups is 1. The summed E-state index contributed by atoms with van der Waals surface area (Å²) in [7, 11) is 0. The van der Waals surface area contributed by atoms with Crippen molar-refractivity contribution < 1.29 is 9.59 Å². The maximum Gasteiger partial charge on any atom is 0.315 e. The Balaban J connectivity index is 1.66. The number of likely N-dealkylation sites (tertiary alicyclic amines) is 1. The molecule has 2 aliphatic rings. The number of aromatic nitrogens is 2. The summed E-state index contributed by atoms with van der Waals surface area (Å²) in [5.74, 6) is 1.05. The molecule has 0 spiro atoms. The predicted molar refractivity (Wildman–Crippen MR) is 98.0 cm³/mol. The molecule has 2 aromatic rings. The second kappa shape index (κ2) is 6.72. The molecule has 0 bridgehead atoms. The van der Waals surface area contributed by atoms with Crippen LogP contribution in [0.5, 0.6) is 0 Å². The normalized spacial score (nSPS) is 16.1. The summed E-state index contributed by atoms with van der Waals surface area (Å²) in [5, 5.41) is 8.00. The average molecular weight is 377 g/mol. The molecule has 25 heavy (non-hydrogen) atoms. The fraction of sp³-hybridized carbons (Fsp3) is 0.353. The van der Waals surface area contributed by atoms with Crippen LogP contribution >= 0.6 is 23.4 Å². The van der Waals surface area contributed by atoms with Crippen LogP contribution in [-0.4, -0.2) is 39.6 Å². The number of benzene rings is 1. The zero-order chi connectivity index (χ0) is 17.4. The Morgan fingerprint density at radius 3 is 2.76 bits per heavy atom. The lowest BCUT2D eigenvalue weighted by atomic mass is 10.2. The molecular formula is C17H17ClN4O2S. The lowest BCUT2D eigenvalue weighted by Crippen LogP contribution is -2.38. The summed E-state index contributed by atoms with van der Waals surface area (Å²) in [4.78, 5) is 26.4. The van der Waals surface area contributed by atoms with Crippen molar-refractivity contribution in [1.29, 1.82) is 0 Å². The minimum absolute atomic E-state index is 0.476. The van der Waals surface area contributed by atoms with Crippen LogP contribution in [0.15, 0.2) is 24.3 Å². The van der Waals surface area contributed by atoms with Crippen LogP contribution in [0.1, 0.15) is 24.1 Å². The van der Waals surface area contributed by atoms with Crippen molar-refractivity contribution in [3.63, 3.8) is 0 Å². The highest BCUT2D eigenvalue weighted by atomic mass is 35.5. The van der Waals surface area contributed by atoms with Crippen molar-refractivity contribution in [2.75, 3.05) is 18.4 Å². The fourth-order valence-corrected chi connectivity index (χ4v) is 4.38. The number of anilines is 1. The highest BCUT2D eigenvalue weighted by molar-refractivity contribution is 7.98. The maximum absolute atomic E-state index is 12.5. The number of carbonyl (C=O) groups is 2. The van der Waals surface area contributed by atoms with E-state index in [4.69, 9.17) is 11.6 Å². The summed E-state index contributed by atoms with van der Waals surface area (Å²) in [6.45, 7) is 1.29. The van der Waals surface area contributed by atoms with E-state index in [0.29, 0.717) is 23.9 Å². The fourth-order valence-electron chi connectivity index (χ4n) is 3.16. The minimum atomic E-state index is -0.607. The van der Waals surface area contributed by atoms with Crippen molar-refractivity contribution in [2.45, 2.75) is 24.3 Å². The first-order chi connectivity index (χ1) is 12.1. The second-order valence-corrected chi connectivity index (χ2v) is 7.53. The van der Waals surface area contributed by atoms with Gasteiger partial charge in [-0.15, -0.1) is 0 Å². The first kappa shape index (κ1) is 16.5. The molecule has 4 rings (SSSR count). The van der Waals surface area contributed by atoms with Crippen LogP contribution in [0.3, 0.4) is 0 Å². The number of carbonyl (C=O) groups excluding carboxylic acids is 2. The number of hydrogen-bond acceptors (Lipinski definition) is 4. The molecule has 6 nitrogen and oxygen atoms in total. The number of nitrogens with one attached hydrogen (secondary N) is 1. The van der Waals surface area contributed by atoms with E-state index in [2.05, 4.69) is 10.4 Å². The van der Waals surface area contributed by atoms with Crippen LogP contribution in [0, 0.1) is 0 Å². The van der Waals surface area contributed by atoms with Crippen molar-refractivity contribution >= 4 is 41.0 Å². The van der Waals surface area contributed by atoms with Crippen LogP contribution < -0.4 is 5.32 Å². The predicted octanol–water partition coefficient (Wildman–Crippen LogP) is 2.83. The highest BCUT2D eigenvalue weighted by Gasteiger charge is 2.29. The van der Waals surface area contributed by atoms with Gasteiger partial charge in [0, 0.05) is 35.2 Å². The molecule has 0 saturated carbocycles. The molecule has 2 aliphatic heterocycles. The molecule has 1 aromatic carbocycles. The monoisotopic (exact) mass is 376 g/mol. The van der Waals surface area contributed by atoms with Gasteiger partial charge in [0.05, 0.1) is 11.4 Å². The summed E-state index contributed by atoms with van der Waals surface area (Å²) in [6.07, 6.45) is 1.90. The van der Waals surface area contributed by atoms with Gasteiger partial charge in [-0.3, -0.25) is 9.59 Å². The van der Waals surface area contributed by atoms with Gasteiger partial charge in [-0.1, -0.05) is 17.7 Å². The Morgan fingerprint density at radius 1 is 1.20 bits per heavy atom. The smallest absolute Gasteiger partial charge is 0.315 e. The molecule has 8 heteroatoms. The van der Waals surface area contributed by atoms with E-state index >= 15 is 0 Å². The van der Waals surface area contributed by atoms with Crippen molar-refractivity contribution in [3.8, 4) is 5.69 Å². The Kier molecular flexibility index (Phi) is 4.43. The van der Waals surface area contributed by atoms with Crippen LogP contribution in [-0.2, 0) is 21.1 Å². The Hall–Kier alpha value is -1.99. The first-order valence-electron chi connectivity index (χ1n) is 8.18. The molecule has 0 atom stereocenters. The van der Waals surface area contributed by atoms with Gasteiger partial charge in [-0.2, -0.15) is 16.9 Å². The Bertz CT molecular complexity index is 845. The van der Waals surface area contributed by atoms with Crippen molar-refractivity contribution in [2.24, 2.45) is 0 Å². The number of amides is 2.